The molecule has 0 spiro atoms. The molecule has 6 nitrogen and oxygen atoms in total. The summed E-state index contributed by atoms with van der Waals surface area (Å²) in [4.78, 5) is 0. The Kier molecular flexibility index (Phi) is 2.71. The van der Waals surface area contributed by atoms with E-state index >= 15 is 0 Å². The Labute approximate surface area is 98.6 Å². The Morgan fingerprint density at radius 1 is 1.29 bits per heavy atom. The van der Waals surface area contributed by atoms with Gasteiger partial charge in [-0.15, -0.1) is 0 Å². The van der Waals surface area contributed by atoms with E-state index in [0.29, 0.717) is 6.01 Å². The maximum absolute atomic E-state index is 5.77. The van der Waals surface area contributed by atoms with Crippen LogP contribution >= 0.6 is 0 Å². The SMILES string of the molecule is c1ccc(-n2nnnc2OC2CCNC2)cc1. The highest BCUT2D eigenvalue weighted by molar-refractivity contribution is 5.31. The number of tetrazole rings is 1. The van der Waals surface area contributed by atoms with Crippen LogP contribution < -0.4 is 10.1 Å². The van der Waals surface area contributed by atoms with Gasteiger partial charge in [0.25, 0.3) is 0 Å². The summed E-state index contributed by atoms with van der Waals surface area (Å²) in [7, 11) is 0. The standard InChI is InChI=1S/C11H13N5O/c1-2-4-9(5-3-1)16-11(13-14-15-16)17-10-6-7-12-8-10/h1-5,10,12H,6-8H2. The predicted molar refractivity (Wildman–Crippen MR) is 61.1 cm³/mol. The number of para-hydroxylation sites is 1. The van der Waals surface area contributed by atoms with E-state index in [0.717, 1.165) is 25.2 Å². The van der Waals surface area contributed by atoms with Crippen molar-refractivity contribution in [2.45, 2.75) is 12.5 Å². The molecule has 0 bridgehead atoms. The van der Waals surface area contributed by atoms with Crippen molar-refractivity contribution in [2.24, 2.45) is 0 Å². The molecule has 3 rings (SSSR count). The molecule has 0 saturated carbocycles. The second-order valence-electron chi connectivity index (χ2n) is 3.94. The van der Waals surface area contributed by atoms with Crippen LogP contribution in [-0.4, -0.2) is 39.4 Å². The van der Waals surface area contributed by atoms with Crippen LogP contribution in [0.25, 0.3) is 5.69 Å². The molecular weight excluding hydrogens is 218 g/mol. The van der Waals surface area contributed by atoms with Gasteiger partial charge in [-0.25, -0.2) is 0 Å². The first kappa shape index (κ1) is 10.2. The maximum atomic E-state index is 5.77. The minimum absolute atomic E-state index is 0.156. The molecule has 1 aromatic carbocycles. The third kappa shape index (κ3) is 2.12. The predicted octanol–water partition coefficient (Wildman–Crippen LogP) is 0.403. The van der Waals surface area contributed by atoms with Crippen LogP contribution in [0.1, 0.15) is 6.42 Å². The van der Waals surface area contributed by atoms with Gasteiger partial charge in [0.05, 0.1) is 5.69 Å². The molecule has 2 aromatic rings. The second kappa shape index (κ2) is 4.50. The molecule has 6 heteroatoms. The van der Waals surface area contributed by atoms with Crippen molar-refractivity contribution in [2.75, 3.05) is 13.1 Å². The van der Waals surface area contributed by atoms with Crippen LogP contribution in [0.4, 0.5) is 0 Å². The summed E-state index contributed by atoms with van der Waals surface area (Å²) in [6.45, 7) is 1.83. The number of benzene rings is 1. The van der Waals surface area contributed by atoms with E-state index in [2.05, 4.69) is 20.8 Å². The average molecular weight is 231 g/mol. The van der Waals surface area contributed by atoms with Crippen LogP contribution in [0.3, 0.4) is 0 Å². The Morgan fingerprint density at radius 2 is 2.18 bits per heavy atom. The molecule has 2 heterocycles. The summed E-state index contributed by atoms with van der Waals surface area (Å²) in [5.74, 6) is 0. The third-order valence-electron chi connectivity index (χ3n) is 2.73. The van der Waals surface area contributed by atoms with Crippen LogP contribution in [0.15, 0.2) is 30.3 Å². The highest BCUT2D eigenvalue weighted by atomic mass is 16.5. The molecular formula is C11H13N5O. The Bertz CT molecular complexity index is 478. The van der Waals surface area contributed by atoms with Gasteiger partial charge in [0.15, 0.2) is 0 Å². The van der Waals surface area contributed by atoms with E-state index in [1.807, 2.05) is 30.3 Å². The van der Waals surface area contributed by atoms with Crippen LogP contribution in [-0.2, 0) is 0 Å². The van der Waals surface area contributed by atoms with E-state index in [1.165, 1.54) is 0 Å². The number of rotatable bonds is 3. The van der Waals surface area contributed by atoms with Gasteiger partial charge < -0.3 is 10.1 Å². The van der Waals surface area contributed by atoms with Crippen LogP contribution in [0.5, 0.6) is 6.01 Å². The third-order valence-corrected chi connectivity index (χ3v) is 2.73. The molecule has 1 aliphatic heterocycles. The van der Waals surface area contributed by atoms with Crippen molar-refractivity contribution in [3.8, 4) is 11.7 Å². The summed E-state index contributed by atoms with van der Waals surface area (Å²) in [5.41, 5.74) is 0.901. The molecule has 17 heavy (non-hydrogen) atoms. The zero-order valence-corrected chi connectivity index (χ0v) is 9.28. The topological polar surface area (TPSA) is 64.9 Å². The van der Waals surface area contributed by atoms with Crippen LogP contribution in [0, 0.1) is 0 Å². The fourth-order valence-electron chi connectivity index (χ4n) is 1.86. The average Bonchev–Trinajstić information content (AvgIpc) is 3.02. The molecule has 1 atom stereocenters. The lowest BCUT2D eigenvalue weighted by molar-refractivity contribution is 0.199. The number of aromatic nitrogens is 4. The van der Waals surface area contributed by atoms with Gasteiger partial charge in [-0.1, -0.05) is 23.3 Å². The molecule has 0 amide bonds. The molecule has 0 radical (unpaired) electrons. The van der Waals surface area contributed by atoms with E-state index in [4.69, 9.17) is 4.74 Å². The van der Waals surface area contributed by atoms with Gasteiger partial charge in [-0.05, 0) is 35.5 Å². The number of ether oxygens (including phenoxy) is 1. The fraction of sp³-hybridized carbons (Fsp3) is 0.364. The highest BCUT2D eigenvalue weighted by Crippen LogP contribution is 2.15. The van der Waals surface area contributed by atoms with E-state index in [-0.39, 0.29) is 6.10 Å². The maximum Gasteiger partial charge on any atom is 0.340 e. The summed E-state index contributed by atoms with van der Waals surface area (Å²) in [6.07, 6.45) is 1.14. The highest BCUT2D eigenvalue weighted by Gasteiger charge is 2.19. The van der Waals surface area contributed by atoms with Crippen LogP contribution in [0.2, 0.25) is 0 Å². The van der Waals surface area contributed by atoms with E-state index < -0.39 is 0 Å². The van der Waals surface area contributed by atoms with E-state index in [1.54, 1.807) is 4.68 Å². The summed E-state index contributed by atoms with van der Waals surface area (Å²) < 4.78 is 7.37. The van der Waals surface area contributed by atoms with Gasteiger partial charge in [-0.3, -0.25) is 0 Å². The summed E-state index contributed by atoms with van der Waals surface area (Å²) in [5, 5.41) is 14.7. The van der Waals surface area contributed by atoms with Gasteiger partial charge >= 0.3 is 6.01 Å². The van der Waals surface area contributed by atoms with Crippen molar-refractivity contribution in [3.63, 3.8) is 0 Å². The monoisotopic (exact) mass is 231 g/mol. The zero-order valence-electron chi connectivity index (χ0n) is 9.28. The van der Waals surface area contributed by atoms with Crippen molar-refractivity contribution >= 4 is 0 Å². The lowest BCUT2D eigenvalue weighted by atomic mass is 10.3. The number of hydrogen-bond donors (Lipinski definition) is 1. The van der Waals surface area contributed by atoms with Crippen molar-refractivity contribution in [3.05, 3.63) is 30.3 Å². The van der Waals surface area contributed by atoms with Crippen molar-refractivity contribution in [1.29, 1.82) is 0 Å². The smallest absolute Gasteiger partial charge is 0.340 e. The fourth-order valence-corrected chi connectivity index (χ4v) is 1.86. The minimum atomic E-state index is 0.156. The Balaban J connectivity index is 1.84. The van der Waals surface area contributed by atoms with Crippen molar-refractivity contribution < 1.29 is 4.74 Å². The van der Waals surface area contributed by atoms with Gasteiger partial charge in [0.1, 0.15) is 6.10 Å². The molecule has 1 aliphatic rings. The first-order chi connectivity index (χ1) is 8.43. The minimum Gasteiger partial charge on any atom is -0.458 e. The lowest BCUT2D eigenvalue weighted by Gasteiger charge is -2.10. The largest absolute Gasteiger partial charge is 0.458 e. The van der Waals surface area contributed by atoms with Gasteiger partial charge in [-0.2, -0.15) is 4.68 Å². The molecule has 1 saturated heterocycles. The molecule has 0 aliphatic carbocycles. The lowest BCUT2D eigenvalue weighted by Crippen LogP contribution is -2.21. The molecule has 88 valence electrons. The van der Waals surface area contributed by atoms with Gasteiger partial charge in [0.2, 0.25) is 0 Å². The summed E-state index contributed by atoms with van der Waals surface area (Å²) in [6, 6.07) is 10.2. The number of nitrogens with zero attached hydrogens (tertiary/aromatic N) is 4. The quantitative estimate of drug-likeness (QED) is 0.828. The normalized spacial score (nSPS) is 19.4. The first-order valence-electron chi connectivity index (χ1n) is 5.64. The Hall–Kier alpha value is -1.95. The van der Waals surface area contributed by atoms with E-state index in [9.17, 15) is 0 Å². The zero-order chi connectivity index (χ0) is 11.5. The number of nitrogens with one attached hydrogen (secondary N) is 1. The molecule has 1 fully saturated rings. The van der Waals surface area contributed by atoms with Gasteiger partial charge in [0, 0.05) is 6.54 Å². The first-order valence-corrected chi connectivity index (χ1v) is 5.64. The van der Waals surface area contributed by atoms with Crippen molar-refractivity contribution in [1.82, 2.24) is 25.5 Å². The molecule has 1 unspecified atom stereocenters. The molecule has 1 aromatic heterocycles. The second-order valence-corrected chi connectivity index (χ2v) is 3.94. The summed E-state index contributed by atoms with van der Waals surface area (Å²) >= 11 is 0. The Morgan fingerprint density at radius 3 is 2.94 bits per heavy atom. The number of hydrogen-bond acceptors (Lipinski definition) is 5. The molecule has 1 N–H and O–H groups in total.